The summed E-state index contributed by atoms with van der Waals surface area (Å²) >= 11 is 6.01. The molecule has 0 aliphatic heterocycles. The fraction of sp³-hybridized carbons (Fsp3) is 0.333. The molecule has 0 spiro atoms. The second-order valence-corrected chi connectivity index (χ2v) is 5.83. The van der Waals surface area contributed by atoms with Crippen LogP contribution in [0.15, 0.2) is 36.4 Å². The van der Waals surface area contributed by atoms with E-state index < -0.39 is 0 Å². The van der Waals surface area contributed by atoms with Gasteiger partial charge in [-0.15, -0.1) is 0 Å². The predicted molar refractivity (Wildman–Crippen MR) is 90.7 cm³/mol. The van der Waals surface area contributed by atoms with E-state index in [9.17, 15) is 4.39 Å². The molecule has 0 amide bonds. The highest BCUT2D eigenvalue weighted by Crippen LogP contribution is 2.30. The summed E-state index contributed by atoms with van der Waals surface area (Å²) in [6, 6.07) is 10.1. The minimum absolute atomic E-state index is 0.0780. The number of ether oxygens (including phenoxy) is 2. The highest BCUT2D eigenvalue weighted by atomic mass is 35.5. The first kappa shape index (κ1) is 17.6. The maximum absolute atomic E-state index is 13.1. The molecule has 1 unspecified atom stereocenters. The molecule has 5 heteroatoms. The van der Waals surface area contributed by atoms with E-state index in [4.69, 9.17) is 26.8 Å². The van der Waals surface area contributed by atoms with E-state index in [2.05, 4.69) is 0 Å². The van der Waals surface area contributed by atoms with E-state index in [0.717, 1.165) is 17.5 Å². The van der Waals surface area contributed by atoms with Crippen molar-refractivity contribution in [1.29, 1.82) is 0 Å². The number of rotatable bonds is 7. The second kappa shape index (κ2) is 8.18. The fourth-order valence-corrected chi connectivity index (χ4v) is 2.45. The smallest absolute Gasteiger partial charge is 0.161 e. The summed E-state index contributed by atoms with van der Waals surface area (Å²) in [4.78, 5) is 0. The Bertz CT molecular complexity index is 661. The number of hydrogen-bond acceptors (Lipinski definition) is 3. The van der Waals surface area contributed by atoms with Crippen molar-refractivity contribution in [1.82, 2.24) is 0 Å². The number of benzene rings is 2. The first-order valence-electron chi connectivity index (χ1n) is 7.57. The van der Waals surface area contributed by atoms with Gasteiger partial charge in [-0.1, -0.05) is 23.7 Å². The van der Waals surface area contributed by atoms with Gasteiger partial charge in [0.1, 0.15) is 12.4 Å². The van der Waals surface area contributed by atoms with Crippen LogP contribution in [0.4, 0.5) is 4.39 Å². The molecule has 2 aromatic rings. The summed E-state index contributed by atoms with van der Waals surface area (Å²) in [7, 11) is 0. The van der Waals surface area contributed by atoms with E-state index in [1.807, 2.05) is 32.0 Å². The van der Waals surface area contributed by atoms with Crippen molar-refractivity contribution in [3.8, 4) is 11.5 Å². The van der Waals surface area contributed by atoms with Crippen molar-refractivity contribution in [2.75, 3.05) is 6.61 Å². The van der Waals surface area contributed by atoms with Crippen LogP contribution in [0.25, 0.3) is 0 Å². The standard InChI is InChI=1S/C18H21ClFNO2/c1-3-22-18-9-13(8-12(2)21)4-7-17(18)23-11-14-5-6-15(20)10-16(14)19/h4-7,9-10,12H,3,8,11,21H2,1-2H3. The van der Waals surface area contributed by atoms with Gasteiger partial charge < -0.3 is 15.2 Å². The Labute approximate surface area is 141 Å². The van der Waals surface area contributed by atoms with Crippen molar-refractivity contribution in [3.05, 3.63) is 58.4 Å². The molecule has 0 aliphatic rings. The van der Waals surface area contributed by atoms with Gasteiger partial charge in [0.2, 0.25) is 0 Å². The zero-order chi connectivity index (χ0) is 16.8. The molecular formula is C18H21ClFNO2. The van der Waals surface area contributed by atoms with E-state index in [0.29, 0.717) is 23.1 Å². The first-order valence-corrected chi connectivity index (χ1v) is 7.95. The molecule has 0 saturated carbocycles. The van der Waals surface area contributed by atoms with Crippen LogP contribution in [0.1, 0.15) is 25.0 Å². The summed E-state index contributed by atoms with van der Waals surface area (Å²) in [5.74, 6) is 0.929. The van der Waals surface area contributed by atoms with Gasteiger partial charge in [0.25, 0.3) is 0 Å². The van der Waals surface area contributed by atoms with Gasteiger partial charge in [-0.2, -0.15) is 0 Å². The third-order valence-electron chi connectivity index (χ3n) is 3.26. The summed E-state index contributed by atoms with van der Waals surface area (Å²) in [5.41, 5.74) is 7.64. The van der Waals surface area contributed by atoms with Gasteiger partial charge >= 0.3 is 0 Å². The molecule has 2 aromatic carbocycles. The molecular weight excluding hydrogens is 317 g/mol. The minimum atomic E-state index is -0.367. The van der Waals surface area contributed by atoms with Crippen LogP contribution < -0.4 is 15.2 Å². The topological polar surface area (TPSA) is 44.5 Å². The highest BCUT2D eigenvalue weighted by Gasteiger charge is 2.09. The monoisotopic (exact) mass is 337 g/mol. The van der Waals surface area contributed by atoms with Crippen LogP contribution in [0.2, 0.25) is 5.02 Å². The van der Waals surface area contributed by atoms with Crippen molar-refractivity contribution in [2.45, 2.75) is 32.9 Å². The second-order valence-electron chi connectivity index (χ2n) is 5.42. The molecule has 0 radical (unpaired) electrons. The van der Waals surface area contributed by atoms with Crippen molar-refractivity contribution < 1.29 is 13.9 Å². The van der Waals surface area contributed by atoms with Crippen molar-refractivity contribution >= 4 is 11.6 Å². The first-order chi connectivity index (χ1) is 11.0. The Balaban J connectivity index is 2.14. The van der Waals surface area contributed by atoms with Crippen LogP contribution in [0, 0.1) is 5.82 Å². The Morgan fingerprint density at radius 1 is 1.13 bits per heavy atom. The Hall–Kier alpha value is -1.78. The Morgan fingerprint density at radius 3 is 2.57 bits per heavy atom. The molecule has 0 bridgehead atoms. The van der Waals surface area contributed by atoms with Crippen LogP contribution in [-0.4, -0.2) is 12.6 Å². The lowest BCUT2D eigenvalue weighted by Crippen LogP contribution is -2.17. The van der Waals surface area contributed by atoms with Crippen molar-refractivity contribution in [2.24, 2.45) is 5.73 Å². The average Bonchev–Trinajstić information content (AvgIpc) is 2.48. The van der Waals surface area contributed by atoms with Gasteiger partial charge in [0.15, 0.2) is 11.5 Å². The molecule has 0 heterocycles. The minimum Gasteiger partial charge on any atom is -0.490 e. The summed E-state index contributed by atoms with van der Waals surface area (Å²) in [6.07, 6.45) is 0.768. The maximum atomic E-state index is 13.1. The molecule has 0 aromatic heterocycles. The Morgan fingerprint density at radius 2 is 1.91 bits per heavy atom. The summed E-state index contributed by atoms with van der Waals surface area (Å²) < 4.78 is 24.5. The lowest BCUT2D eigenvalue weighted by atomic mass is 10.1. The van der Waals surface area contributed by atoms with Crippen LogP contribution >= 0.6 is 11.6 Å². The highest BCUT2D eigenvalue weighted by molar-refractivity contribution is 6.31. The van der Waals surface area contributed by atoms with Gasteiger partial charge in [-0.05, 0) is 50.1 Å². The average molecular weight is 338 g/mol. The molecule has 2 rings (SSSR count). The van der Waals surface area contributed by atoms with Crippen molar-refractivity contribution in [3.63, 3.8) is 0 Å². The third-order valence-corrected chi connectivity index (χ3v) is 3.62. The fourth-order valence-electron chi connectivity index (χ4n) is 2.23. The van der Waals surface area contributed by atoms with E-state index >= 15 is 0 Å². The molecule has 0 fully saturated rings. The lowest BCUT2D eigenvalue weighted by molar-refractivity contribution is 0.269. The lowest BCUT2D eigenvalue weighted by Gasteiger charge is -2.14. The van der Waals surface area contributed by atoms with Crippen LogP contribution in [0.3, 0.4) is 0 Å². The van der Waals surface area contributed by atoms with E-state index in [1.54, 1.807) is 6.07 Å². The molecule has 1 atom stereocenters. The van der Waals surface area contributed by atoms with E-state index in [-0.39, 0.29) is 18.5 Å². The number of halogens is 2. The maximum Gasteiger partial charge on any atom is 0.161 e. The number of nitrogens with two attached hydrogens (primary N) is 1. The van der Waals surface area contributed by atoms with Gasteiger partial charge in [0, 0.05) is 11.6 Å². The van der Waals surface area contributed by atoms with Crippen LogP contribution in [0.5, 0.6) is 11.5 Å². The molecule has 3 nitrogen and oxygen atoms in total. The van der Waals surface area contributed by atoms with Gasteiger partial charge in [-0.25, -0.2) is 4.39 Å². The normalized spacial score (nSPS) is 12.0. The molecule has 0 saturated heterocycles. The zero-order valence-electron chi connectivity index (χ0n) is 13.3. The SMILES string of the molecule is CCOc1cc(CC(C)N)ccc1OCc1ccc(F)cc1Cl. The zero-order valence-corrected chi connectivity index (χ0v) is 14.1. The third kappa shape index (κ3) is 5.12. The van der Waals surface area contributed by atoms with Gasteiger partial charge in [-0.3, -0.25) is 0 Å². The van der Waals surface area contributed by atoms with Crippen LogP contribution in [-0.2, 0) is 13.0 Å². The summed E-state index contributed by atoms with van der Waals surface area (Å²) in [5, 5.41) is 0.344. The molecule has 23 heavy (non-hydrogen) atoms. The molecule has 0 aliphatic carbocycles. The largest absolute Gasteiger partial charge is 0.490 e. The summed E-state index contributed by atoms with van der Waals surface area (Å²) in [6.45, 7) is 4.65. The Kier molecular flexibility index (Phi) is 6.25. The van der Waals surface area contributed by atoms with E-state index in [1.165, 1.54) is 12.1 Å². The predicted octanol–water partition coefficient (Wildman–Crippen LogP) is 4.35. The molecule has 124 valence electrons. The quantitative estimate of drug-likeness (QED) is 0.817. The van der Waals surface area contributed by atoms with Gasteiger partial charge in [0.05, 0.1) is 11.6 Å². The number of hydrogen-bond donors (Lipinski definition) is 1. The molecule has 2 N–H and O–H groups in total.